The lowest BCUT2D eigenvalue weighted by atomic mass is 10.3. The molecule has 0 fully saturated rings. The number of ether oxygens (including phenoxy) is 1. The second-order valence-corrected chi connectivity index (χ2v) is 1.86. The number of hydrogen-bond donors (Lipinski definition) is 2. The molecule has 0 radical (unpaired) electrons. The van der Waals surface area contributed by atoms with E-state index in [1.807, 2.05) is 6.92 Å². The predicted molar refractivity (Wildman–Crippen MR) is 36.2 cm³/mol. The van der Waals surface area contributed by atoms with Crippen LogP contribution in [0.1, 0.15) is 13.3 Å². The molecular formula is C6H15NO2. The molecule has 0 aromatic heterocycles. The van der Waals surface area contributed by atoms with Crippen LogP contribution in [-0.2, 0) is 4.74 Å². The van der Waals surface area contributed by atoms with E-state index in [2.05, 4.69) is 0 Å². The Labute approximate surface area is 55.8 Å². The number of hydrogen-bond acceptors (Lipinski definition) is 3. The minimum atomic E-state index is 0.0799. The van der Waals surface area contributed by atoms with Crippen molar-refractivity contribution in [2.75, 3.05) is 19.8 Å². The zero-order valence-corrected chi connectivity index (χ0v) is 5.84. The van der Waals surface area contributed by atoms with E-state index in [-0.39, 0.29) is 12.7 Å². The van der Waals surface area contributed by atoms with Crippen LogP contribution in [0, 0.1) is 0 Å². The summed E-state index contributed by atoms with van der Waals surface area (Å²) < 4.78 is 5.11. The van der Waals surface area contributed by atoms with Crippen LogP contribution in [0.4, 0.5) is 0 Å². The fourth-order valence-electron chi connectivity index (χ4n) is 0.572. The van der Waals surface area contributed by atoms with Gasteiger partial charge in [0.05, 0.1) is 19.3 Å². The average Bonchev–Trinajstić information content (AvgIpc) is 1.91. The molecule has 0 aliphatic rings. The van der Waals surface area contributed by atoms with Gasteiger partial charge in [-0.25, -0.2) is 0 Å². The minimum absolute atomic E-state index is 0.0799. The maximum Gasteiger partial charge on any atom is 0.0702 e. The smallest absolute Gasteiger partial charge is 0.0702 e. The summed E-state index contributed by atoms with van der Waals surface area (Å²) in [6, 6.07) is 0. The van der Waals surface area contributed by atoms with Gasteiger partial charge in [0.25, 0.3) is 0 Å². The van der Waals surface area contributed by atoms with Crippen molar-refractivity contribution in [1.29, 1.82) is 0 Å². The molecule has 0 aliphatic carbocycles. The van der Waals surface area contributed by atoms with Gasteiger partial charge in [-0.3, -0.25) is 0 Å². The third-order valence-corrected chi connectivity index (χ3v) is 1.16. The minimum Gasteiger partial charge on any atom is -0.394 e. The van der Waals surface area contributed by atoms with E-state index in [9.17, 15) is 0 Å². The van der Waals surface area contributed by atoms with E-state index in [1.165, 1.54) is 0 Å². The lowest BCUT2D eigenvalue weighted by Crippen LogP contribution is -2.23. The Bertz CT molecular complexity index is 55.0. The molecular weight excluding hydrogens is 118 g/mol. The number of nitrogens with two attached hydrogens (primary N) is 1. The van der Waals surface area contributed by atoms with E-state index < -0.39 is 0 Å². The van der Waals surface area contributed by atoms with Crippen molar-refractivity contribution >= 4 is 0 Å². The molecule has 1 atom stereocenters. The molecule has 0 rings (SSSR count). The van der Waals surface area contributed by atoms with Crippen molar-refractivity contribution in [3.05, 3.63) is 0 Å². The van der Waals surface area contributed by atoms with Gasteiger partial charge < -0.3 is 15.6 Å². The van der Waals surface area contributed by atoms with Gasteiger partial charge in [-0.2, -0.15) is 0 Å². The van der Waals surface area contributed by atoms with Crippen LogP contribution in [0.5, 0.6) is 0 Å². The van der Waals surface area contributed by atoms with Gasteiger partial charge >= 0.3 is 0 Å². The van der Waals surface area contributed by atoms with Gasteiger partial charge in [0.1, 0.15) is 0 Å². The second kappa shape index (κ2) is 6.01. The quantitative estimate of drug-likeness (QED) is 0.543. The Kier molecular flexibility index (Phi) is 5.93. The zero-order valence-electron chi connectivity index (χ0n) is 5.84. The van der Waals surface area contributed by atoms with Crippen LogP contribution in [0.2, 0.25) is 0 Å². The fourth-order valence-corrected chi connectivity index (χ4v) is 0.572. The van der Waals surface area contributed by atoms with Crippen molar-refractivity contribution < 1.29 is 9.84 Å². The van der Waals surface area contributed by atoms with Crippen molar-refractivity contribution in [2.24, 2.45) is 5.73 Å². The normalized spacial score (nSPS) is 13.7. The first kappa shape index (κ1) is 8.88. The molecule has 0 spiro atoms. The highest BCUT2D eigenvalue weighted by Gasteiger charge is 2.00. The molecule has 3 nitrogen and oxygen atoms in total. The van der Waals surface area contributed by atoms with Crippen LogP contribution in [0.15, 0.2) is 0 Å². The highest BCUT2D eigenvalue weighted by molar-refractivity contribution is 4.53. The molecule has 56 valence electrons. The Morgan fingerprint density at radius 3 is 2.67 bits per heavy atom. The van der Waals surface area contributed by atoms with Crippen molar-refractivity contribution in [3.63, 3.8) is 0 Å². The summed E-state index contributed by atoms with van der Waals surface area (Å²) >= 11 is 0. The molecule has 9 heavy (non-hydrogen) atoms. The predicted octanol–water partition coefficient (Wildman–Crippen LogP) is -0.267. The summed E-state index contributed by atoms with van der Waals surface area (Å²) in [4.78, 5) is 0. The third-order valence-electron chi connectivity index (χ3n) is 1.16. The monoisotopic (exact) mass is 133 g/mol. The summed E-state index contributed by atoms with van der Waals surface area (Å²) in [5.74, 6) is 0. The maximum atomic E-state index is 8.34. The number of aliphatic hydroxyl groups excluding tert-OH is 1. The zero-order chi connectivity index (χ0) is 7.11. The molecule has 0 aliphatic heterocycles. The van der Waals surface area contributed by atoms with Gasteiger partial charge in [0.2, 0.25) is 0 Å². The van der Waals surface area contributed by atoms with Crippen LogP contribution >= 0.6 is 0 Å². The van der Waals surface area contributed by atoms with E-state index >= 15 is 0 Å². The van der Waals surface area contributed by atoms with Crippen molar-refractivity contribution in [1.82, 2.24) is 0 Å². The molecule has 3 N–H and O–H groups in total. The summed E-state index contributed by atoms with van der Waals surface area (Å²) in [6.07, 6.45) is 1.04. The SMILES string of the molecule is CCC(CN)OCCO. The van der Waals surface area contributed by atoms with Gasteiger partial charge in [-0.1, -0.05) is 6.92 Å². The molecule has 0 heterocycles. The van der Waals surface area contributed by atoms with E-state index in [0.29, 0.717) is 13.2 Å². The molecule has 0 saturated heterocycles. The van der Waals surface area contributed by atoms with Gasteiger partial charge in [0, 0.05) is 6.54 Å². The van der Waals surface area contributed by atoms with Crippen molar-refractivity contribution in [3.8, 4) is 0 Å². The highest BCUT2D eigenvalue weighted by Crippen LogP contribution is 1.93. The Morgan fingerprint density at radius 1 is 1.67 bits per heavy atom. The summed E-state index contributed by atoms with van der Waals surface area (Å²) in [5.41, 5.74) is 5.32. The van der Waals surface area contributed by atoms with E-state index in [4.69, 9.17) is 15.6 Å². The average molecular weight is 133 g/mol. The molecule has 0 aromatic rings. The molecule has 0 aromatic carbocycles. The van der Waals surface area contributed by atoms with Gasteiger partial charge in [0.15, 0.2) is 0 Å². The maximum absolute atomic E-state index is 8.34. The Morgan fingerprint density at radius 2 is 2.33 bits per heavy atom. The van der Waals surface area contributed by atoms with Crippen LogP contribution in [-0.4, -0.2) is 31.0 Å². The molecule has 1 unspecified atom stereocenters. The Hall–Kier alpha value is -0.120. The Balaban J connectivity index is 3.09. The second-order valence-electron chi connectivity index (χ2n) is 1.86. The van der Waals surface area contributed by atoms with E-state index in [0.717, 1.165) is 6.42 Å². The third kappa shape index (κ3) is 4.39. The van der Waals surface area contributed by atoms with Gasteiger partial charge in [-0.05, 0) is 6.42 Å². The van der Waals surface area contributed by atoms with Crippen LogP contribution in [0.25, 0.3) is 0 Å². The van der Waals surface area contributed by atoms with E-state index in [1.54, 1.807) is 0 Å². The van der Waals surface area contributed by atoms with Gasteiger partial charge in [-0.15, -0.1) is 0 Å². The lowest BCUT2D eigenvalue weighted by molar-refractivity contribution is 0.0319. The summed E-state index contributed by atoms with van der Waals surface area (Å²) in [5, 5.41) is 8.34. The highest BCUT2D eigenvalue weighted by atomic mass is 16.5. The number of aliphatic hydroxyl groups is 1. The summed E-state index contributed by atoms with van der Waals surface area (Å²) in [7, 11) is 0. The molecule has 0 bridgehead atoms. The first-order chi connectivity index (χ1) is 4.35. The first-order valence-corrected chi connectivity index (χ1v) is 3.27. The fraction of sp³-hybridized carbons (Fsp3) is 1.00. The molecule has 3 heteroatoms. The molecule has 0 amide bonds. The summed E-state index contributed by atoms with van der Waals surface area (Å²) in [6.45, 7) is 3.03. The van der Waals surface area contributed by atoms with Crippen LogP contribution in [0.3, 0.4) is 0 Å². The standard InChI is InChI=1S/C6H15NO2/c1-2-6(5-7)9-4-3-8/h6,8H,2-5,7H2,1H3. The van der Waals surface area contributed by atoms with Crippen molar-refractivity contribution in [2.45, 2.75) is 19.4 Å². The topological polar surface area (TPSA) is 55.5 Å². The first-order valence-electron chi connectivity index (χ1n) is 3.27. The van der Waals surface area contributed by atoms with Crippen LogP contribution < -0.4 is 5.73 Å². The molecule has 0 saturated carbocycles. The number of rotatable bonds is 5. The lowest BCUT2D eigenvalue weighted by Gasteiger charge is -2.11. The largest absolute Gasteiger partial charge is 0.394 e.